The van der Waals surface area contributed by atoms with Crippen LogP contribution in [0.1, 0.15) is 10.4 Å². The fraction of sp³-hybridized carbons (Fsp3) is 0.133. The lowest BCUT2D eigenvalue weighted by molar-refractivity contribution is 0.102. The summed E-state index contributed by atoms with van der Waals surface area (Å²) in [5, 5.41) is 3.07. The van der Waals surface area contributed by atoms with E-state index in [1.54, 1.807) is 36.4 Å². The van der Waals surface area contributed by atoms with E-state index in [2.05, 4.69) is 5.32 Å². The number of benzene rings is 2. The predicted octanol–water partition coefficient (Wildman–Crippen LogP) is 3.19. The number of nitrogens with one attached hydrogen (secondary N) is 1. The third kappa shape index (κ3) is 3.20. The van der Waals surface area contributed by atoms with Crippen LogP contribution in [0.2, 0.25) is 5.02 Å². The number of carbonyl (C=O) groups excluding carboxylic acids is 1. The highest BCUT2D eigenvalue weighted by Gasteiger charge is 2.13. The van der Waals surface area contributed by atoms with Gasteiger partial charge in [0.1, 0.15) is 0 Å². The Morgan fingerprint density at radius 3 is 2.48 bits per heavy atom. The summed E-state index contributed by atoms with van der Waals surface area (Å²) in [5.41, 5.74) is 7.00. The van der Waals surface area contributed by atoms with E-state index in [1.807, 2.05) is 0 Å². The van der Waals surface area contributed by atoms with Crippen LogP contribution in [0.3, 0.4) is 0 Å². The van der Waals surface area contributed by atoms with Crippen molar-refractivity contribution in [3.63, 3.8) is 0 Å². The Balaban J connectivity index is 2.29. The first-order chi connectivity index (χ1) is 10.1. The molecule has 6 heteroatoms. The average molecular weight is 307 g/mol. The van der Waals surface area contributed by atoms with Crippen molar-refractivity contribution in [2.75, 3.05) is 25.3 Å². The normalized spacial score (nSPS) is 10.0. The van der Waals surface area contributed by atoms with Crippen molar-refractivity contribution in [1.82, 2.24) is 0 Å². The molecule has 0 fully saturated rings. The molecule has 110 valence electrons. The molecule has 5 nitrogen and oxygen atoms in total. The molecular formula is C15H15ClN2O3. The smallest absolute Gasteiger partial charge is 0.255 e. The number of hydrogen-bond donors (Lipinski definition) is 2. The number of carbonyl (C=O) groups is 1. The molecular weight excluding hydrogens is 292 g/mol. The van der Waals surface area contributed by atoms with Crippen LogP contribution in [-0.4, -0.2) is 20.1 Å². The summed E-state index contributed by atoms with van der Waals surface area (Å²) >= 11 is 6.03. The third-order valence-corrected chi connectivity index (χ3v) is 3.25. The van der Waals surface area contributed by atoms with Crippen molar-refractivity contribution in [2.24, 2.45) is 0 Å². The van der Waals surface area contributed by atoms with Crippen molar-refractivity contribution in [3.8, 4) is 11.5 Å². The van der Waals surface area contributed by atoms with Crippen LogP contribution in [0.5, 0.6) is 11.5 Å². The van der Waals surface area contributed by atoms with Gasteiger partial charge in [0.2, 0.25) is 0 Å². The first-order valence-electron chi connectivity index (χ1n) is 6.14. The maximum Gasteiger partial charge on any atom is 0.255 e. The second-order valence-electron chi connectivity index (χ2n) is 4.23. The van der Waals surface area contributed by atoms with Gasteiger partial charge in [-0.05, 0) is 30.3 Å². The van der Waals surface area contributed by atoms with Gasteiger partial charge >= 0.3 is 0 Å². The standard InChI is InChI=1S/C15H15ClN2O3/c1-20-12-7-6-9(8-13(12)21-2)15(19)18-14-10(16)4-3-5-11(14)17/h3-8H,17H2,1-2H3,(H,18,19). The fourth-order valence-corrected chi connectivity index (χ4v) is 2.06. The minimum atomic E-state index is -0.337. The van der Waals surface area contributed by atoms with E-state index in [1.165, 1.54) is 14.2 Å². The summed E-state index contributed by atoms with van der Waals surface area (Å²) in [7, 11) is 3.04. The molecule has 0 saturated carbocycles. The van der Waals surface area contributed by atoms with Crippen LogP contribution in [0.25, 0.3) is 0 Å². The molecule has 0 aliphatic carbocycles. The zero-order chi connectivity index (χ0) is 15.4. The zero-order valence-electron chi connectivity index (χ0n) is 11.6. The van der Waals surface area contributed by atoms with E-state index in [0.717, 1.165) is 0 Å². The number of hydrogen-bond acceptors (Lipinski definition) is 4. The van der Waals surface area contributed by atoms with Crippen LogP contribution in [0, 0.1) is 0 Å². The second-order valence-corrected chi connectivity index (χ2v) is 4.64. The molecule has 2 aromatic carbocycles. The lowest BCUT2D eigenvalue weighted by Crippen LogP contribution is -2.13. The molecule has 0 atom stereocenters. The summed E-state index contributed by atoms with van der Waals surface area (Å²) in [6, 6.07) is 9.90. The van der Waals surface area contributed by atoms with Crippen molar-refractivity contribution in [1.29, 1.82) is 0 Å². The topological polar surface area (TPSA) is 73.6 Å². The Hall–Kier alpha value is -2.40. The van der Waals surface area contributed by atoms with Gasteiger partial charge in [0, 0.05) is 5.56 Å². The van der Waals surface area contributed by atoms with Crippen LogP contribution in [0.15, 0.2) is 36.4 Å². The van der Waals surface area contributed by atoms with Crippen LogP contribution < -0.4 is 20.5 Å². The van der Waals surface area contributed by atoms with E-state index < -0.39 is 0 Å². The number of nitrogens with two attached hydrogens (primary N) is 1. The van der Waals surface area contributed by atoms with E-state index in [4.69, 9.17) is 26.8 Å². The molecule has 0 aromatic heterocycles. The number of anilines is 2. The van der Waals surface area contributed by atoms with Gasteiger partial charge in [0.05, 0.1) is 30.6 Å². The molecule has 2 aromatic rings. The highest BCUT2D eigenvalue weighted by atomic mass is 35.5. The lowest BCUT2D eigenvalue weighted by atomic mass is 10.1. The third-order valence-electron chi connectivity index (χ3n) is 2.93. The molecule has 0 unspecified atom stereocenters. The highest BCUT2D eigenvalue weighted by molar-refractivity contribution is 6.34. The number of amides is 1. The first kappa shape index (κ1) is 15.0. The summed E-state index contributed by atoms with van der Waals surface area (Å²) in [4.78, 5) is 12.3. The Bertz CT molecular complexity index is 654. The quantitative estimate of drug-likeness (QED) is 0.851. The van der Waals surface area contributed by atoms with E-state index in [-0.39, 0.29) is 5.91 Å². The number of nitrogen functional groups attached to an aromatic ring is 1. The molecule has 2 rings (SSSR count). The summed E-state index contributed by atoms with van der Waals surface area (Å²) < 4.78 is 10.3. The molecule has 1 amide bonds. The highest BCUT2D eigenvalue weighted by Crippen LogP contribution is 2.30. The number of para-hydroxylation sites is 1. The van der Waals surface area contributed by atoms with Gasteiger partial charge < -0.3 is 20.5 Å². The second kappa shape index (κ2) is 6.37. The van der Waals surface area contributed by atoms with Gasteiger partial charge in [-0.1, -0.05) is 17.7 Å². The lowest BCUT2D eigenvalue weighted by Gasteiger charge is -2.12. The maximum atomic E-state index is 12.3. The molecule has 0 aliphatic rings. The molecule has 0 aliphatic heterocycles. The molecule has 0 heterocycles. The predicted molar refractivity (Wildman–Crippen MR) is 83.4 cm³/mol. The fourth-order valence-electron chi connectivity index (χ4n) is 1.84. The van der Waals surface area contributed by atoms with Crippen LogP contribution >= 0.6 is 11.6 Å². The molecule has 0 radical (unpaired) electrons. The van der Waals surface area contributed by atoms with Crippen molar-refractivity contribution < 1.29 is 14.3 Å². The van der Waals surface area contributed by atoms with Gasteiger partial charge in [-0.2, -0.15) is 0 Å². The van der Waals surface area contributed by atoms with Crippen molar-refractivity contribution in [3.05, 3.63) is 47.0 Å². The average Bonchev–Trinajstić information content (AvgIpc) is 2.50. The summed E-state index contributed by atoms with van der Waals surface area (Å²) in [6.45, 7) is 0. The molecule has 0 spiro atoms. The largest absolute Gasteiger partial charge is 0.493 e. The zero-order valence-corrected chi connectivity index (χ0v) is 12.4. The maximum absolute atomic E-state index is 12.3. The Kier molecular flexibility index (Phi) is 4.55. The van der Waals surface area contributed by atoms with Gasteiger partial charge in [-0.25, -0.2) is 0 Å². The van der Waals surface area contributed by atoms with Crippen LogP contribution in [-0.2, 0) is 0 Å². The van der Waals surface area contributed by atoms with Gasteiger partial charge in [-0.3, -0.25) is 4.79 Å². The van der Waals surface area contributed by atoms with Gasteiger partial charge in [0.15, 0.2) is 11.5 Å². The van der Waals surface area contributed by atoms with Crippen LogP contribution in [0.4, 0.5) is 11.4 Å². The number of ether oxygens (including phenoxy) is 2. The minimum Gasteiger partial charge on any atom is -0.493 e. The number of rotatable bonds is 4. The number of halogens is 1. The SMILES string of the molecule is COc1ccc(C(=O)Nc2c(N)cccc2Cl)cc1OC. The summed E-state index contributed by atoms with van der Waals surface area (Å²) in [6.07, 6.45) is 0. The molecule has 0 bridgehead atoms. The Labute approximate surface area is 127 Å². The van der Waals surface area contributed by atoms with Crippen molar-refractivity contribution in [2.45, 2.75) is 0 Å². The summed E-state index contributed by atoms with van der Waals surface area (Å²) in [5.74, 6) is 0.680. The van der Waals surface area contributed by atoms with E-state index >= 15 is 0 Å². The molecule has 21 heavy (non-hydrogen) atoms. The van der Waals surface area contributed by atoms with E-state index in [9.17, 15) is 4.79 Å². The van der Waals surface area contributed by atoms with E-state index in [0.29, 0.717) is 33.5 Å². The number of methoxy groups -OCH3 is 2. The van der Waals surface area contributed by atoms with Gasteiger partial charge in [-0.15, -0.1) is 0 Å². The monoisotopic (exact) mass is 306 g/mol. The Morgan fingerprint density at radius 1 is 1.14 bits per heavy atom. The van der Waals surface area contributed by atoms with Crippen molar-refractivity contribution >= 4 is 28.9 Å². The molecule has 0 saturated heterocycles. The first-order valence-corrected chi connectivity index (χ1v) is 6.52. The van der Waals surface area contributed by atoms with Gasteiger partial charge in [0.25, 0.3) is 5.91 Å². The Morgan fingerprint density at radius 2 is 1.86 bits per heavy atom. The molecule has 3 N–H and O–H groups in total. The minimum absolute atomic E-state index is 0.337.